The Bertz CT molecular complexity index is 1030. The molecule has 0 saturated heterocycles. The number of aryl methyl sites for hydroxylation is 2. The van der Waals surface area contributed by atoms with Crippen LogP contribution in [0.1, 0.15) is 12.0 Å². The van der Waals surface area contributed by atoms with Gasteiger partial charge in [-0.05, 0) is 43.3 Å². The van der Waals surface area contributed by atoms with Gasteiger partial charge in [0.2, 0.25) is 5.91 Å². The van der Waals surface area contributed by atoms with Crippen molar-refractivity contribution < 1.29 is 4.79 Å². The normalized spacial score (nSPS) is 11.0. The lowest BCUT2D eigenvalue weighted by molar-refractivity contribution is -0.116. The Balaban J connectivity index is 1.37. The van der Waals surface area contributed by atoms with Crippen LogP contribution in [0, 0.1) is 6.92 Å². The minimum absolute atomic E-state index is 0.0313. The molecule has 6 nitrogen and oxygen atoms in total. The monoisotopic (exact) mass is 345 g/mol. The average Bonchev–Trinajstić information content (AvgIpc) is 3.30. The summed E-state index contributed by atoms with van der Waals surface area (Å²) in [6, 6.07) is 13.9. The van der Waals surface area contributed by atoms with Gasteiger partial charge in [0.05, 0.1) is 24.6 Å². The third kappa shape index (κ3) is 3.35. The zero-order chi connectivity index (χ0) is 17.9. The Morgan fingerprint density at radius 3 is 2.77 bits per heavy atom. The number of nitrogens with zero attached hydrogens (tertiary/aromatic N) is 4. The first-order valence-corrected chi connectivity index (χ1v) is 8.49. The molecule has 0 aliphatic heterocycles. The van der Waals surface area contributed by atoms with Crippen LogP contribution < -0.4 is 5.32 Å². The summed E-state index contributed by atoms with van der Waals surface area (Å²) < 4.78 is 3.78. The third-order valence-electron chi connectivity index (χ3n) is 4.30. The van der Waals surface area contributed by atoms with Crippen molar-refractivity contribution in [3.05, 3.63) is 72.9 Å². The Morgan fingerprint density at radius 2 is 2.00 bits per heavy atom. The molecule has 0 fully saturated rings. The molecule has 1 amide bonds. The molecular weight excluding hydrogens is 326 g/mol. The molecule has 4 rings (SSSR count). The molecule has 0 unspecified atom stereocenters. The number of carbonyl (C=O) groups is 1. The largest absolute Gasteiger partial charge is 0.326 e. The molecule has 0 radical (unpaired) electrons. The van der Waals surface area contributed by atoms with Crippen LogP contribution in [0.3, 0.4) is 0 Å². The second-order valence-electron chi connectivity index (χ2n) is 6.24. The van der Waals surface area contributed by atoms with Crippen LogP contribution in [0.2, 0.25) is 0 Å². The molecule has 2 aromatic carbocycles. The smallest absolute Gasteiger partial charge is 0.226 e. The van der Waals surface area contributed by atoms with Gasteiger partial charge in [0.25, 0.3) is 0 Å². The van der Waals surface area contributed by atoms with Crippen molar-refractivity contribution in [1.29, 1.82) is 0 Å². The topological polar surface area (TPSA) is 64.7 Å². The number of nitrogens with one attached hydrogen (secondary N) is 1. The maximum absolute atomic E-state index is 12.2. The predicted molar refractivity (Wildman–Crippen MR) is 101 cm³/mol. The minimum Gasteiger partial charge on any atom is -0.326 e. The van der Waals surface area contributed by atoms with Crippen molar-refractivity contribution in [2.75, 3.05) is 5.32 Å². The lowest BCUT2D eigenvalue weighted by Gasteiger charge is -2.08. The van der Waals surface area contributed by atoms with Crippen molar-refractivity contribution in [3.8, 4) is 5.69 Å². The maximum atomic E-state index is 12.2. The summed E-state index contributed by atoms with van der Waals surface area (Å²) in [5.74, 6) is -0.0313. The Hall–Kier alpha value is -3.41. The van der Waals surface area contributed by atoms with Crippen molar-refractivity contribution >= 4 is 22.5 Å². The molecule has 0 spiro atoms. The van der Waals surface area contributed by atoms with E-state index < -0.39 is 0 Å². The predicted octanol–water partition coefficient (Wildman–Crippen LogP) is 3.56. The third-order valence-corrected chi connectivity index (χ3v) is 4.30. The van der Waals surface area contributed by atoms with E-state index in [2.05, 4.69) is 34.5 Å². The van der Waals surface area contributed by atoms with Crippen molar-refractivity contribution in [1.82, 2.24) is 19.3 Å². The Kier molecular flexibility index (Phi) is 4.23. The number of amides is 1. The van der Waals surface area contributed by atoms with Gasteiger partial charge in [0.1, 0.15) is 0 Å². The molecule has 26 heavy (non-hydrogen) atoms. The molecule has 0 saturated carbocycles. The van der Waals surface area contributed by atoms with Gasteiger partial charge in [0, 0.05) is 35.6 Å². The van der Waals surface area contributed by atoms with Crippen LogP contribution in [-0.2, 0) is 11.3 Å². The number of rotatable bonds is 5. The molecule has 0 bridgehead atoms. The van der Waals surface area contributed by atoms with Crippen LogP contribution in [0.15, 0.2) is 67.4 Å². The number of benzene rings is 2. The quantitative estimate of drug-likeness (QED) is 0.601. The second kappa shape index (κ2) is 6.84. The second-order valence-corrected chi connectivity index (χ2v) is 6.24. The van der Waals surface area contributed by atoms with Gasteiger partial charge in [-0.1, -0.05) is 11.6 Å². The molecule has 4 aromatic rings. The average molecular weight is 345 g/mol. The summed E-state index contributed by atoms with van der Waals surface area (Å²) in [7, 11) is 0. The van der Waals surface area contributed by atoms with Crippen molar-refractivity contribution in [2.45, 2.75) is 19.9 Å². The van der Waals surface area contributed by atoms with Gasteiger partial charge in [0.15, 0.2) is 0 Å². The molecule has 0 aliphatic rings. The molecule has 130 valence electrons. The number of anilines is 1. The van der Waals surface area contributed by atoms with E-state index in [0.29, 0.717) is 13.0 Å². The van der Waals surface area contributed by atoms with Crippen LogP contribution in [0.5, 0.6) is 0 Å². The molecule has 2 aromatic heterocycles. The van der Waals surface area contributed by atoms with Gasteiger partial charge in [-0.3, -0.25) is 9.48 Å². The van der Waals surface area contributed by atoms with Crippen molar-refractivity contribution in [2.24, 2.45) is 0 Å². The number of aromatic nitrogens is 4. The van der Waals surface area contributed by atoms with Gasteiger partial charge in [-0.15, -0.1) is 0 Å². The van der Waals surface area contributed by atoms with E-state index in [4.69, 9.17) is 0 Å². The fourth-order valence-corrected chi connectivity index (χ4v) is 2.94. The molecule has 0 aliphatic carbocycles. The molecular formula is C20H19N5O. The fraction of sp³-hybridized carbons (Fsp3) is 0.150. The number of imidazole rings is 1. The summed E-state index contributed by atoms with van der Waals surface area (Å²) in [6.45, 7) is 2.60. The highest BCUT2D eigenvalue weighted by atomic mass is 16.1. The van der Waals surface area contributed by atoms with Gasteiger partial charge in [-0.2, -0.15) is 5.10 Å². The van der Waals surface area contributed by atoms with E-state index in [9.17, 15) is 4.79 Å². The zero-order valence-corrected chi connectivity index (χ0v) is 14.5. The first-order chi connectivity index (χ1) is 12.7. The fourth-order valence-electron chi connectivity index (χ4n) is 2.94. The van der Waals surface area contributed by atoms with Gasteiger partial charge >= 0.3 is 0 Å². The first-order valence-electron chi connectivity index (χ1n) is 8.49. The number of hydrogen-bond acceptors (Lipinski definition) is 3. The molecule has 1 N–H and O–H groups in total. The van der Waals surface area contributed by atoms with E-state index in [1.54, 1.807) is 12.5 Å². The summed E-state index contributed by atoms with van der Waals surface area (Å²) in [6.07, 6.45) is 7.56. The lowest BCUT2D eigenvalue weighted by atomic mass is 10.2. The molecule has 0 atom stereocenters. The number of hydrogen-bond donors (Lipinski definition) is 1. The Labute approximate surface area is 151 Å². The first kappa shape index (κ1) is 16.1. The summed E-state index contributed by atoms with van der Waals surface area (Å²) >= 11 is 0. The van der Waals surface area contributed by atoms with Gasteiger partial charge in [-0.25, -0.2) is 4.98 Å². The summed E-state index contributed by atoms with van der Waals surface area (Å²) in [5.41, 5.74) is 4.03. The molecule has 6 heteroatoms. The Morgan fingerprint density at radius 1 is 1.15 bits per heavy atom. The van der Waals surface area contributed by atoms with E-state index in [1.165, 1.54) is 5.56 Å². The van der Waals surface area contributed by atoms with E-state index >= 15 is 0 Å². The lowest BCUT2D eigenvalue weighted by Crippen LogP contribution is -2.15. The molecule has 2 heterocycles. The SMILES string of the molecule is Cc1ccc2c(cnn2CCC(=O)Nc2ccc(-n3ccnc3)cc2)c1. The van der Waals surface area contributed by atoms with Crippen molar-refractivity contribution in [3.63, 3.8) is 0 Å². The van der Waals surface area contributed by atoms with Crippen LogP contribution in [0.4, 0.5) is 5.69 Å². The highest BCUT2D eigenvalue weighted by Crippen LogP contribution is 2.16. The highest BCUT2D eigenvalue weighted by molar-refractivity contribution is 5.90. The van der Waals surface area contributed by atoms with Gasteiger partial charge < -0.3 is 9.88 Å². The zero-order valence-electron chi connectivity index (χ0n) is 14.5. The summed E-state index contributed by atoms with van der Waals surface area (Å²) in [5, 5.41) is 8.41. The van der Waals surface area contributed by atoms with E-state index in [-0.39, 0.29) is 5.91 Å². The summed E-state index contributed by atoms with van der Waals surface area (Å²) in [4.78, 5) is 16.3. The van der Waals surface area contributed by atoms with E-state index in [1.807, 2.05) is 52.0 Å². The maximum Gasteiger partial charge on any atom is 0.226 e. The standard InChI is InChI=1S/C20H19N5O/c1-15-2-7-19-16(12-15)13-22-25(19)10-8-20(26)23-17-3-5-18(6-4-17)24-11-9-21-14-24/h2-7,9,11-14H,8,10H2,1H3,(H,23,26). The van der Waals surface area contributed by atoms with E-state index in [0.717, 1.165) is 22.3 Å². The number of carbonyl (C=O) groups excluding carboxylic acids is 1. The van der Waals surface area contributed by atoms with Crippen LogP contribution in [0.25, 0.3) is 16.6 Å². The highest BCUT2D eigenvalue weighted by Gasteiger charge is 2.07. The number of fused-ring (bicyclic) bond motifs is 1. The minimum atomic E-state index is -0.0313. The van der Waals surface area contributed by atoms with Crippen LogP contribution in [-0.4, -0.2) is 25.2 Å². The van der Waals surface area contributed by atoms with Crippen LogP contribution >= 0.6 is 0 Å².